The highest BCUT2D eigenvalue weighted by Gasteiger charge is 2.04. The van der Waals surface area contributed by atoms with Crippen molar-refractivity contribution in [1.29, 1.82) is 5.26 Å². The second-order valence-corrected chi connectivity index (χ2v) is 4.68. The molecule has 14 heavy (non-hydrogen) atoms. The average molecular weight is 267 g/mol. The molecule has 0 aliphatic heterocycles. The first-order valence-electron chi connectivity index (χ1n) is 4.08. The molecular formula is C10H7BrN2S. The van der Waals surface area contributed by atoms with Gasteiger partial charge in [0.15, 0.2) is 0 Å². The van der Waals surface area contributed by atoms with Gasteiger partial charge in [-0.3, -0.25) is 0 Å². The molecule has 0 aliphatic carbocycles. The highest BCUT2D eigenvalue weighted by molar-refractivity contribution is 9.10. The minimum absolute atomic E-state index is 0.699. The first kappa shape index (κ1) is 9.50. The summed E-state index contributed by atoms with van der Waals surface area (Å²) in [6.07, 6.45) is 1.92. The van der Waals surface area contributed by atoms with Crippen molar-refractivity contribution < 1.29 is 0 Å². The lowest BCUT2D eigenvalue weighted by atomic mass is 10.4. The van der Waals surface area contributed by atoms with Gasteiger partial charge in [-0.2, -0.15) is 5.26 Å². The van der Waals surface area contributed by atoms with E-state index in [1.807, 2.05) is 34.3 Å². The predicted octanol–water partition coefficient (Wildman–Crippen LogP) is 3.23. The van der Waals surface area contributed by atoms with E-state index in [-0.39, 0.29) is 0 Å². The number of hydrogen-bond acceptors (Lipinski definition) is 2. The Bertz CT molecular complexity index is 478. The summed E-state index contributed by atoms with van der Waals surface area (Å²) in [6.45, 7) is 0.758. The van der Waals surface area contributed by atoms with E-state index in [9.17, 15) is 0 Å². The summed E-state index contributed by atoms with van der Waals surface area (Å²) in [4.78, 5) is 1.23. The van der Waals surface area contributed by atoms with Crippen molar-refractivity contribution in [3.05, 3.63) is 44.8 Å². The van der Waals surface area contributed by atoms with Crippen LogP contribution in [0.3, 0.4) is 0 Å². The van der Waals surface area contributed by atoms with Crippen molar-refractivity contribution in [3.8, 4) is 6.07 Å². The van der Waals surface area contributed by atoms with Crippen LogP contribution in [0.1, 0.15) is 10.6 Å². The molecule has 2 rings (SSSR count). The van der Waals surface area contributed by atoms with E-state index in [0.29, 0.717) is 5.69 Å². The van der Waals surface area contributed by atoms with Gasteiger partial charge in [0.1, 0.15) is 11.8 Å². The van der Waals surface area contributed by atoms with Crippen LogP contribution in [-0.4, -0.2) is 4.57 Å². The third-order valence-corrected chi connectivity index (χ3v) is 3.86. The van der Waals surface area contributed by atoms with Crippen molar-refractivity contribution in [2.24, 2.45) is 0 Å². The fraction of sp³-hybridized carbons (Fsp3) is 0.100. The van der Waals surface area contributed by atoms with E-state index in [1.165, 1.54) is 4.88 Å². The van der Waals surface area contributed by atoms with E-state index < -0.39 is 0 Å². The Morgan fingerprint density at radius 1 is 1.50 bits per heavy atom. The molecule has 0 bridgehead atoms. The van der Waals surface area contributed by atoms with Crippen LogP contribution in [0, 0.1) is 11.3 Å². The molecule has 0 radical (unpaired) electrons. The van der Waals surface area contributed by atoms with E-state index in [4.69, 9.17) is 5.26 Å². The van der Waals surface area contributed by atoms with Crippen LogP contribution in [0.5, 0.6) is 0 Å². The third kappa shape index (κ3) is 1.74. The number of nitrogens with zero attached hydrogens (tertiary/aromatic N) is 2. The van der Waals surface area contributed by atoms with Crippen LogP contribution in [0.15, 0.2) is 34.2 Å². The van der Waals surface area contributed by atoms with Gasteiger partial charge in [0.05, 0.1) is 6.54 Å². The Morgan fingerprint density at radius 2 is 2.36 bits per heavy atom. The molecule has 0 saturated heterocycles. The van der Waals surface area contributed by atoms with E-state index in [1.54, 1.807) is 11.3 Å². The minimum atomic E-state index is 0.699. The zero-order chi connectivity index (χ0) is 9.97. The van der Waals surface area contributed by atoms with Gasteiger partial charge in [-0.05, 0) is 39.5 Å². The minimum Gasteiger partial charge on any atom is -0.334 e. The lowest BCUT2D eigenvalue weighted by Gasteiger charge is -2.02. The monoisotopic (exact) mass is 266 g/mol. The molecule has 0 unspecified atom stereocenters. The molecule has 2 heterocycles. The molecule has 0 N–H and O–H groups in total. The molecule has 0 fully saturated rings. The first-order chi connectivity index (χ1) is 6.81. The summed E-state index contributed by atoms with van der Waals surface area (Å²) < 4.78 is 3.05. The molecule has 0 aliphatic rings. The second kappa shape index (κ2) is 3.99. The average Bonchev–Trinajstić information content (AvgIpc) is 2.77. The summed E-state index contributed by atoms with van der Waals surface area (Å²) in [7, 11) is 0. The van der Waals surface area contributed by atoms with Crippen molar-refractivity contribution in [2.45, 2.75) is 6.54 Å². The van der Waals surface area contributed by atoms with Gasteiger partial charge < -0.3 is 4.57 Å². The molecule has 0 amide bonds. The van der Waals surface area contributed by atoms with Gasteiger partial charge in [-0.1, -0.05) is 0 Å². The van der Waals surface area contributed by atoms with Crippen molar-refractivity contribution >= 4 is 27.3 Å². The van der Waals surface area contributed by atoms with E-state index >= 15 is 0 Å². The predicted molar refractivity (Wildman–Crippen MR) is 60.3 cm³/mol. The van der Waals surface area contributed by atoms with Crippen LogP contribution in [0.25, 0.3) is 0 Å². The highest BCUT2D eigenvalue weighted by Crippen LogP contribution is 2.23. The van der Waals surface area contributed by atoms with Crippen molar-refractivity contribution in [1.82, 2.24) is 4.57 Å². The van der Waals surface area contributed by atoms with Gasteiger partial charge in [-0.15, -0.1) is 11.3 Å². The molecule has 0 atom stereocenters. The maximum atomic E-state index is 8.83. The molecule has 70 valence electrons. The molecule has 0 spiro atoms. The summed E-state index contributed by atoms with van der Waals surface area (Å²) >= 11 is 5.16. The normalized spacial score (nSPS) is 10.0. The van der Waals surface area contributed by atoms with Gasteiger partial charge in [0, 0.05) is 15.5 Å². The largest absolute Gasteiger partial charge is 0.334 e. The maximum absolute atomic E-state index is 8.83. The number of thiophene rings is 1. The highest BCUT2D eigenvalue weighted by atomic mass is 79.9. The smallest absolute Gasteiger partial charge is 0.120 e. The van der Waals surface area contributed by atoms with Gasteiger partial charge in [0.25, 0.3) is 0 Å². The third-order valence-electron chi connectivity index (χ3n) is 1.95. The van der Waals surface area contributed by atoms with Crippen LogP contribution in [0.2, 0.25) is 0 Å². The number of halogens is 1. The van der Waals surface area contributed by atoms with Crippen LogP contribution in [-0.2, 0) is 6.54 Å². The lowest BCUT2D eigenvalue weighted by molar-refractivity contribution is 0.803. The SMILES string of the molecule is N#Cc1cccn1Cc1sccc1Br. The molecule has 0 saturated carbocycles. The van der Waals surface area contributed by atoms with Gasteiger partial charge in [-0.25, -0.2) is 0 Å². The van der Waals surface area contributed by atoms with E-state index in [2.05, 4.69) is 22.0 Å². The zero-order valence-electron chi connectivity index (χ0n) is 7.27. The standard InChI is InChI=1S/C10H7BrN2S/c11-9-3-5-14-10(9)7-13-4-1-2-8(13)6-12/h1-5H,7H2. The Morgan fingerprint density at radius 3 is 3.00 bits per heavy atom. The summed E-state index contributed by atoms with van der Waals surface area (Å²) in [6, 6.07) is 7.89. The summed E-state index contributed by atoms with van der Waals surface area (Å²) in [5.74, 6) is 0. The number of nitriles is 1. The summed E-state index contributed by atoms with van der Waals surface area (Å²) in [5.41, 5.74) is 0.699. The van der Waals surface area contributed by atoms with Crippen LogP contribution in [0.4, 0.5) is 0 Å². The Kier molecular flexibility index (Phi) is 2.71. The molecule has 4 heteroatoms. The summed E-state index contributed by atoms with van der Waals surface area (Å²) in [5, 5.41) is 10.9. The van der Waals surface area contributed by atoms with Gasteiger partial charge in [0.2, 0.25) is 0 Å². The van der Waals surface area contributed by atoms with Gasteiger partial charge >= 0.3 is 0 Å². The lowest BCUT2D eigenvalue weighted by Crippen LogP contribution is -1.98. The second-order valence-electron chi connectivity index (χ2n) is 2.82. The van der Waals surface area contributed by atoms with E-state index in [0.717, 1.165) is 11.0 Å². The van der Waals surface area contributed by atoms with Crippen molar-refractivity contribution in [3.63, 3.8) is 0 Å². The quantitative estimate of drug-likeness (QED) is 0.821. The topological polar surface area (TPSA) is 28.7 Å². The fourth-order valence-electron chi connectivity index (χ4n) is 1.25. The first-order valence-corrected chi connectivity index (χ1v) is 5.75. The Balaban J connectivity index is 2.28. The van der Waals surface area contributed by atoms with Crippen LogP contribution >= 0.6 is 27.3 Å². The molecule has 2 aromatic rings. The molecule has 0 aromatic carbocycles. The molecule has 2 nitrogen and oxygen atoms in total. The number of rotatable bonds is 2. The van der Waals surface area contributed by atoms with Crippen molar-refractivity contribution in [2.75, 3.05) is 0 Å². The number of aromatic nitrogens is 1. The number of hydrogen-bond donors (Lipinski definition) is 0. The Hall–Kier alpha value is -1.05. The molecule has 2 aromatic heterocycles. The molecular weight excluding hydrogens is 260 g/mol. The fourth-order valence-corrected chi connectivity index (χ4v) is 2.72. The zero-order valence-corrected chi connectivity index (χ0v) is 9.68. The Labute approximate surface area is 94.5 Å². The maximum Gasteiger partial charge on any atom is 0.120 e. The van der Waals surface area contributed by atoms with Crippen LogP contribution < -0.4 is 0 Å².